The summed E-state index contributed by atoms with van der Waals surface area (Å²) in [5.41, 5.74) is 0.634. The van der Waals surface area contributed by atoms with Gasteiger partial charge in [0.2, 0.25) is 5.91 Å². The van der Waals surface area contributed by atoms with Crippen LogP contribution in [0.15, 0.2) is 52.7 Å². The molecule has 1 amide bonds. The van der Waals surface area contributed by atoms with E-state index in [1.807, 2.05) is 0 Å². The van der Waals surface area contributed by atoms with Crippen molar-refractivity contribution in [1.29, 1.82) is 0 Å². The maximum Gasteiger partial charge on any atom is 0.266 e. The molecule has 0 radical (unpaired) electrons. The van der Waals surface area contributed by atoms with E-state index in [2.05, 4.69) is 15.0 Å². The maximum absolute atomic E-state index is 14.3. The van der Waals surface area contributed by atoms with Gasteiger partial charge < -0.3 is 5.32 Å². The van der Waals surface area contributed by atoms with Crippen LogP contribution < -0.4 is 10.0 Å². The van der Waals surface area contributed by atoms with Crippen molar-refractivity contribution in [3.8, 4) is 11.3 Å². The van der Waals surface area contributed by atoms with E-state index in [1.165, 1.54) is 36.6 Å². The summed E-state index contributed by atoms with van der Waals surface area (Å²) >= 11 is 0.935. The molecule has 1 heterocycles. The monoisotopic (exact) mass is 409 g/mol. The zero-order chi connectivity index (χ0) is 19.6. The fraction of sp³-hybridized carbons (Fsp3) is 0.0588. The minimum absolute atomic E-state index is 0.0291. The molecule has 140 valence electrons. The molecule has 0 saturated heterocycles. The van der Waals surface area contributed by atoms with Gasteiger partial charge in [-0.15, -0.1) is 11.3 Å². The summed E-state index contributed by atoms with van der Waals surface area (Å²) in [5.74, 6) is -1.85. The Morgan fingerprint density at radius 2 is 1.85 bits per heavy atom. The molecule has 0 aliphatic carbocycles. The van der Waals surface area contributed by atoms with Crippen LogP contribution >= 0.6 is 11.3 Å². The predicted octanol–water partition coefficient (Wildman–Crippen LogP) is 3.85. The third kappa shape index (κ3) is 4.29. The Labute approximate surface area is 157 Å². The van der Waals surface area contributed by atoms with Gasteiger partial charge in [0.15, 0.2) is 5.13 Å². The van der Waals surface area contributed by atoms with Gasteiger partial charge in [0.25, 0.3) is 10.0 Å². The predicted molar refractivity (Wildman–Crippen MR) is 99.0 cm³/mol. The Morgan fingerprint density at radius 3 is 2.52 bits per heavy atom. The molecule has 0 bridgehead atoms. The van der Waals surface area contributed by atoms with Gasteiger partial charge in [0.1, 0.15) is 16.5 Å². The van der Waals surface area contributed by atoms with Crippen LogP contribution in [0.4, 0.5) is 19.6 Å². The minimum Gasteiger partial charge on any atom is -0.326 e. The number of aromatic nitrogens is 1. The summed E-state index contributed by atoms with van der Waals surface area (Å²) in [6, 6.07) is 9.01. The van der Waals surface area contributed by atoms with Gasteiger partial charge in [0.05, 0.1) is 5.69 Å². The van der Waals surface area contributed by atoms with Crippen molar-refractivity contribution in [1.82, 2.24) is 4.98 Å². The fourth-order valence-electron chi connectivity index (χ4n) is 2.28. The molecule has 27 heavy (non-hydrogen) atoms. The number of carbonyl (C=O) groups is 1. The summed E-state index contributed by atoms with van der Waals surface area (Å²) in [6.07, 6.45) is 0. The topological polar surface area (TPSA) is 88.2 Å². The summed E-state index contributed by atoms with van der Waals surface area (Å²) in [5, 5.41) is 3.90. The van der Waals surface area contributed by atoms with Gasteiger partial charge >= 0.3 is 0 Å². The number of sulfonamides is 1. The van der Waals surface area contributed by atoms with Crippen LogP contribution in [0.5, 0.6) is 0 Å². The van der Waals surface area contributed by atoms with Crippen LogP contribution in [-0.2, 0) is 14.8 Å². The van der Waals surface area contributed by atoms with Gasteiger partial charge in [-0.25, -0.2) is 22.2 Å². The van der Waals surface area contributed by atoms with Gasteiger partial charge in [-0.1, -0.05) is 12.1 Å². The zero-order valence-electron chi connectivity index (χ0n) is 13.9. The first-order valence-electron chi connectivity index (χ1n) is 7.56. The highest BCUT2D eigenvalue weighted by Gasteiger charge is 2.20. The van der Waals surface area contributed by atoms with E-state index in [1.54, 1.807) is 0 Å². The number of nitrogens with one attached hydrogen (secondary N) is 2. The Morgan fingerprint density at radius 1 is 1.11 bits per heavy atom. The van der Waals surface area contributed by atoms with Gasteiger partial charge in [-0.05, 0) is 30.3 Å². The minimum atomic E-state index is -4.16. The van der Waals surface area contributed by atoms with Crippen LogP contribution in [0.1, 0.15) is 6.92 Å². The summed E-state index contributed by atoms with van der Waals surface area (Å²) in [4.78, 5) is 14.6. The standard InChI is InChI=1S/C17H13F2N3O3S2/c1-10(23)20-11-6-7-12(14(19)8-11)15-9-26-17(21-15)22-27(24,25)16-5-3-2-4-13(16)18/h2-9H,1H3,(H,20,23)(H,21,22). The van der Waals surface area contributed by atoms with Crippen molar-refractivity contribution in [3.63, 3.8) is 0 Å². The molecule has 6 nitrogen and oxygen atoms in total. The Balaban J connectivity index is 1.85. The molecule has 3 rings (SSSR count). The van der Waals surface area contributed by atoms with E-state index in [9.17, 15) is 22.0 Å². The number of hydrogen-bond donors (Lipinski definition) is 2. The van der Waals surface area contributed by atoms with Gasteiger partial charge in [-0.3, -0.25) is 9.52 Å². The second-order valence-corrected chi connectivity index (χ2v) is 7.96. The van der Waals surface area contributed by atoms with E-state index >= 15 is 0 Å². The third-order valence-corrected chi connectivity index (χ3v) is 5.68. The SMILES string of the molecule is CC(=O)Nc1ccc(-c2csc(NS(=O)(=O)c3ccccc3F)n2)c(F)c1. The summed E-state index contributed by atoms with van der Waals surface area (Å²) < 4.78 is 54.8. The first kappa shape index (κ1) is 18.9. The first-order valence-corrected chi connectivity index (χ1v) is 9.93. The van der Waals surface area contributed by atoms with Crippen LogP contribution in [-0.4, -0.2) is 19.3 Å². The molecule has 0 unspecified atom stereocenters. The highest BCUT2D eigenvalue weighted by molar-refractivity contribution is 7.93. The lowest BCUT2D eigenvalue weighted by atomic mass is 10.1. The van der Waals surface area contributed by atoms with Crippen LogP contribution in [0.3, 0.4) is 0 Å². The van der Waals surface area contributed by atoms with E-state index in [4.69, 9.17) is 0 Å². The molecular weight excluding hydrogens is 396 g/mol. The van der Waals surface area contributed by atoms with Crippen molar-refractivity contribution in [2.45, 2.75) is 11.8 Å². The van der Waals surface area contributed by atoms with E-state index in [0.717, 1.165) is 29.5 Å². The average molecular weight is 409 g/mol. The van der Waals surface area contributed by atoms with E-state index in [0.29, 0.717) is 5.69 Å². The number of carbonyl (C=O) groups excluding carboxylic acids is 1. The van der Waals surface area contributed by atoms with E-state index in [-0.39, 0.29) is 22.3 Å². The smallest absolute Gasteiger partial charge is 0.266 e. The molecule has 2 N–H and O–H groups in total. The number of amides is 1. The van der Waals surface area contributed by atoms with Gasteiger partial charge in [-0.2, -0.15) is 0 Å². The third-order valence-electron chi connectivity index (χ3n) is 3.42. The molecule has 0 aliphatic rings. The molecule has 0 saturated carbocycles. The van der Waals surface area contributed by atoms with Crippen molar-refractivity contribution in [2.24, 2.45) is 0 Å². The Bertz CT molecular complexity index is 1110. The fourth-order valence-corrected chi connectivity index (χ4v) is 4.32. The summed E-state index contributed by atoms with van der Waals surface area (Å²) in [6.45, 7) is 1.31. The average Bonchev–Trinajstić information content (AvgIpc) is 3.02. The molecule has 2 aromatic carbocycles. The molecule has 0 fully saturated rings. The van der Waals surface area contributed by atoms with Crippen molar-refractivity contribution in [3.05, 3.63) is 59.5 Å². The van der Waals surface area contributed by atoms with Crippen LogP contribution in [0, 0.1) is 11.6 Å². The Kier molecular flexibility index (Phi) is 5.19. The number of hydrogen-bond acceptors (Lipinski definition) is 5. The first-order chi connectivity index (χ1) is 12.8. The second kappa shape index (κ2) is 7.41. The van der Waals surface area contributed by atoms with Crippen LogP contribution in [0.2, 0.25) is 0 Å². The number of rotatable bonds is 5. The number of thiazole rings is 1. The van der Waals surface area contributed by atoms with Crippen molar-refractivity contribution < 1.29 is 22.0 Å². The second-order valence-electron chi connectivity index (χ2n) is 5.45. The van der Waals surface area contributed by atoms with Crippen molar-refractivity contribution >= 4 is 38.1 Å². The van der Waals surface area contributed by atoms with E-state index < -0.39 is 26.6 Å². The molecule has 0 spiro atoms. The Hall–Kier alpha value is -2.85. The summed E-state index contributed by atoms with van der Waals surface area (Å²) in [7, 11) is -4.16. The number of halogens is 2. The number of benzene rings is 2. The lowest BCUT2D eigenvalue weighted by Crippen LogP contribution is -2.14. The largest absolute Gasteiger partial charge is 0.326 e. The van der Waals surface area contributed by atoms with Crippen molar-refractivity contribution in [2.75, 3.05) is 10.0 Å². The quantitative estimate of drug-likeness (QED) is 0.670. The molecule has 0 atom stereocenters. The zero-order valence-corrected chi connectivity index (χ0v) is 15.5. The molecular formula is C17H13F2N3O3S2. The van der Waals surface area contributed by atoms with Gasteiger partial charge in [0, 0.05) is 23.6 Å². The lowest BCUT2D eigenvalue weighted by Gasteiger charge is -2.06. The molecule has 1 aromatic heterocycles. The highest BCUT2D eigenvalue weighted by Crippen LogP contribution is 2.30. The number of nitrogens with zero attached hydrogens (tertiary/aromatic N) is 1. The maximum atomic E-state index is 14.3. The normalized spacial score (nSPS) is 11.2. The molecule has 3 aromatic rings. The lowest BCUT2D eigenvalue weighted by molar-refractivity contribution is -0.114. The highest BCUT2D eigenvalue weighted by atomic mass is 32.2. The number of anilines is 2. The van der Waals surface area contributed by atoms with Crippen LogP contribution in [0.25, 0.3) is 11.3 Å². The molecule has 10 heteroatoms. The molecule has 0 aliphatic heterocycles.